The number of nitrogens with zero attached hydrogens (tertiary/aromatic N) is 1. The van der Waals surface area contributed by atoms with Gasteiger partial charge in [0.05, 0.1) is 18.2 Å². The first-order valence-electron chi connectivity index (χ1n) is 6.11. The Balaban J connectivity index is 2.23. The second kappa shape index (κ2) is 5.68. The summed E-state index contributed by atoms with van der Waals surface area (Å²) >= 11 is 0. The van der Waals surface area contributed by atoms with E-state index in [-0.39, 0.29) is 5.56 Å². The molecule has 0 atom stereocenters. The smallest absolute Gasteiger partial charge is 0.134 e. The van der Waals surface area contributed by atoms with E-state index >= 15 is 0 Å². The third-order valence-electron chi connectivity index (χ3n) is 2.66. The standard InChI is InChI=1S/C15H15FN2O/c1-10(2)18-9-14-3-4-15(19-14)12-5-11(8-17)6-13(16)7-12/h3-7,10,18H,9H2,1-2H3. The Kier molecular flexibility index (Phi) is 3.98. The van der Waals surface area contributed by atoms with Crippen LogP contribution in [0.2, 0.25) is 0 Å². The van der Waals surface area contributed by atoms with Crippen molar-refractivity contribution in [3.63, 3.8) is 0 Å². The number of hydrogen-bond acceptors (Lipinski definition) is 3. The van der Waals surface area contributed by atoms with Gasteiger partial charge in [-0.05, 0) is 30.3 Å². The summed E-state index contributed by atoms with van der Waals surface area (Å²) in [5.41, 5.74) is 0.862. The molecule has 2 rings (SSSR count). The molecule has 4 heteroatoms. The molecule has 0 saturated carbocycles. The summed E-state index contributed by atoms with van der Waals surface area (Å²) < 4.78 is 19.0. The average Bonchev–Trinajstić information content (AvgIpc) is 2.84. The van der Waals surface area contributed by atoms with Gasteiger partial charge in [-0.25, -0.2) is 4.39 Å². The highest BCUT2D eigenvalue weighted by Crippen LogP contribution is 2.24. The van der Waals surface area contributed by atoms with E-state index in [9.17, 15) is 4.39 Å². The molecule has 98 valence electrons. The van der Waals surface area contributed by atoms with E-state index in [1.54, 1.807) is 12.1 Å². The predicted octanol–water partition coefficient (Wildman–Crippen LogP) is 3.46. The zero-order chi connectivity index (χ0) is 13.8. The SMILES string of the molecule is CC(C)NCc1ccc(-c2cc(F)cc(C#N)c2)o1. The minimum atomic E-state index is -0.438. The molecule has 19 heavy (non-hydrogen) atoms. The Morgan fingerprint density at radius 3 is 2.79 bits per heavy atom. The van der Waals surface area contributed by atoms with E-state index in [1.165, 1.54) is 12.1 Å². The molecule has 0 aliphatic heterocycles. The summed E-state index contributed by atoms with van der Waals surface area (Å²) in [5, 5.41) is 12.1. The first-order chi connectivity index (χ1) is 9.08. The van der Waals surface area contributed by atoms with Crippen LogP contribution in [0.3, 0.4) is 0 Å². The molecular formula is C15H15FN2O. The van der Waals surface area contributed by atoms with E-state index in [0.717, 1.165) is 5.76 Å². The van der Waals surface area contributed by atoms with Crippen molar-refractivity contribution >= 4 is 0 Å². The number of benzene rings is 1. The fraction of sp³-hybridized carbons (Fsp3) is 0.267. The van der Waals surface area contributed by atoms with Crippen molar-refractivity contribution in [3.05, 3.63) is 47.5 Å². The molecule has 0 unspecified atom stereocenters. The van der Waals surface area contributed by atoms with Gasteiger partial charge in [0.1, 0.15) is 17.3 Å². The molecule has 0 radical (unpaired) electrons. The Hall–Kier alpha value is -2.12. The zero-order valence-electron chi connectivity index (χ0n) is 10.9. The second-order valence-corrected chi connectivity index (χ2v) is 4.64. The molecule has 1 aromatic carbocycles. The molecule has 0 fully saturated rings. The van der Waals surface area contributed by atoms with E-state index < -0.39 is 5.82 Å². The maximum absolute atomic E-state index is 13.4. The highest BCUT2D eigenvalue weighted by Gasteiger charge is 2.08. The third kappa shape index (κ3) is 3.43. The van der Waals surface area contributed by atoms with Gasteiger partial charge in [-0.3, -0.25) is 0 Å². The lowest BCUT2D eigenvalue weighted by Crippen LogP contribution is -2.21. The van der Waals surface area contributed by atoms with Crippen molar-refractivity contribution < 1.29 is 8.81 Å². The lowest BCUT2D eigenvalue weighted by atomic mass is 10.1. The van der Waals surface area contributed by atoms with Gasteiger partial charge in [0.2, 0.25) is 0 Å². The number of hydrogen-bond donors (Lipinski definition) is 1. The highest BCUT2D eigenvalue weighted by atomic mass is 19.1. The summed E-state index contributed by atoms with van der Waals surface area (Å²) in [6.07, 6.45) is 0. The summed E-state index contributed by atoms with van der Waals surface area (Å²) in [4.78, 5) is 0. The predicted molar refractivity (Wildman–Crippen MR) is 70.8 cm³/mol. The van der Waals surface area contributed by atoms with Gasteiger partial charge >= 0.3 is 0 Å². The van der Waals surface area contributed by atoms with Gasteiger partial charge in [0.15, 0.2) is 0 Å². The number of furan rings is 1. The van der Waals surface area contributed by atoms with E-state index in [0.29, 0.717) is 23.9 Å². The second-order valence-electron chi connectivity index (χ2n) is 4.64. The summed E-state index contributed by atoms with van der Waals surface area (Å²) in [6.45, 7) is 4.73. The molecule has 1 heterocycles. The molecule has 1 aromatic heterocycles. The fourth-order valence-corrected chi connectivity index (χ4v) is 1.73. The molecule has 1 N–H and O–H groups in total. The van der Waals surface area contributed by atoms with Crippen LogP contribution >= 0.6 is 0 Å². The normalized spacial score (nSPS) is 10.7. The minimum absolute atomic E-state index is 0.285. The molecule has 0 aliphatic carbocycles. The van der Waals surface area contributed by atoms with Crippen LogP contribution in [0.4, 0.5) is 4.39 Å². The lowest BCUT2D eigenvalue weighted by Gasteiger charge is -2.05. The Morgan fingerprint density at radius 1 is 1.32 bits per heavy atom. The quantitative estimate of drug-likeness (QED) is 0.913. The molecule has 0 bridgehead atoms. The van der Waals surface area contributed by atoms with Gasteiger partial charge in [0, 0.05) is 11.6 Å². The summed E-state index contributed by atoms with van der Waals surface area (Å²) in [7, 11) is 0. The molecular weight excluding hydrogens is 243 g/mol. The van der Waals surface area contributed by atoms with Crippen molar-refractivity contribution in [2.75, 3.05) is 0 Å². The van der Waals surface area contributed by atoms with Gasteiger partial charge in [-0.2, -0.15) is 5.26 Å². The number of nitrogens with one attached hydrogen (secondary N) is 1. The average molecular weight is 258 g/mol. The molecule has 0 amide bonds. The largest absolute Gasteiger partial charge is 0.460 e. The maximum atomic E-state index is 13.4. The fourth-order valence-electron chi connectivity index (χ4n) is 1.73. The number of halogens is 1. The van der Waals surface area contributed by atoms with Crippen molar-refractivity contribution in [2.24, 2.45) is 0 Å². The van der Waals surface area contributed by atoms with Crippen LogP contribution in [0.25, 0.3) is 11.3 Å². The van der Waals surface area contributed by atoms with Gasteiger partial charge in [0.25, 0.3) is 0 Å². The van der Waals surface area contributed by atoms with Gasteiger partial charge in [-0.15, -0.1) is 0 Å². The van der Waals surface area contributed by atoms with Crippen LogP contribution < -0.4 is 5.32 Å². The van der Waals surface area contributed by atoms with Crippen molar-refractivity contribution in [3.8, 4) is 17.4 Å². The topological polar surface area (TPSA) is 49.0 Å². The number of nitriles is 1. The molecule has 2 aromatic rings. The lowest BCUT2D eigenvalue weighted by molar-refractivity contribution is 0.473. The van der Waals surface area contributed by atoms with Crippen LogP contribution in [-0.4, -0.2) is 6.04 Å². The van der Waals surface area contributed by atoms with Crippen molar-refractivity contribution in [2.45, 2.75) is 26.4 Å². The van der Waals surface area contributed by atoms with E-state index in [2.05, 4.69) is 19.2 Å². The summed E-state index contributed by atoms with van der Waals surface area (Å²) in [6, 6.07) is 10.1. The monoisotopic (exact) mass is 258 g/mol. The highest BCUT2D eigenvalue weighted by molar-refractivity contribution is 5.60. The molecule has 3 nitrogen and oxygen atoms in total. The zero-order valence-corrected chi connectivity index (χ0v) is 10.9. The van der Waals surface area contributed by atoms with Crippen LogP contribution in [-0.2, 0) is 6.54 Å². The molecule has 0 aliphatic rings. The van der Waals surface area contributed by atoms with Gasteiger partial charge < -0.3 is 9.73 Å². The van der Waals surface area contributed by atoms with Crippen LogP contribution in [0.5, 0.6) is 0 Å². The van der Waals surface area contributed by atoms with E-state index in [1.807, 2.05) is 12.1 Å². The van der Waals surface area contributed by atoms with Crippen LogP contribution in [0.15, 0.2) is 34.7 Å². The Labute approximate surface area is 111 Å². The Bertz CT molecular complexity index is 611. The van der Waals surface area contributed by atoms with Crippen molar-refractivity contribution in [1.29, 1.82) is 5.26 Å². The molecule has 0 saturated heterocycles. The first kappa shape index (κ1) is 13.3. The Morgan fingerprint density at radius 2 is 2.11 bits per heavy atom. The third-order valence-corrected chi connectivity index (χ3v) is 2.66. The first-order valence-corrected chi connectivity index (χ1v) is 6.11. The van der Waals surface area contributed by atoms with E-state index in [4.69, 9.17) is 9.68 Å². The summed E-state index contributed by atoms with van der Waals surface area (Å²) in [5.74, 6) is 0.912. The maximum Gasteiger partial charge on any atom is 0.134 e. The minimum Gasteiger partial charge on any atom is -0.460 e. The van der Waals surface area contributed by atoms with Gasteiger partial charge in [-0.1, -0.05) is 13.8 Å². The number of rotatable bonds is 4. The van der Waals surface area contributed by atoms with Crippen molar-refractivity contribution in [1.82, 2.24) is 5.32 Å². The molecule has 0 spiro atoms. The van der Waals surface area contributed by atoms with Crippen LogP contribution in [0, 0.1) is 17.1 Å². The van der Waals surface area contributed by atoms with Crippen LogP contribution in [0.1, 0.15) is 25.2 Å².